The van der Waals surface area contributed by atoms with Crippen molar-refractivity contribution in [2.45, 2.75) is 57.2 Å². The van der Waals surface area contributed by atoms with Gasteiger partial charge in [-0.2, -0.15) is 0 Å². The number of halogens is 1. The first-order valence-corrected chi connectivity index (χ1v) is 13.5. The van der Waals surface area contributed by atoms with Crippen LogP contribution in [0.2, 0.25) is 5.02 Å². The number of benzene rings is 2. The topological polar surface area (TPSA) is 52.7 Å². The van der Waals surface area contributed by atoms with E-state index >= 15 is 0 Å². The van der Waals surface area contributed by atoms with Crippen molar-refractivity contribution in [3.05, 3.63) is 64.2 Å². The fraction of sp³-hybridized carbons (Fsp3) is 0.481. The molecule has 1 N–H and O–H groups in total. The molecular weight excluding hydrogens is 466 g/mol. The lowest BCUT2D eigenvalue weighted by molar-refractivity contribution is 0.0585. The zero-order valence-electron chi connectivity index (χ0n) is 20.4. The molecule has 7 heteroatoms. The van der Waals surface area contributed by atoms with Gasteiger partial charge in [-0.1, -0.05) is 57.5 Å². The van der Waals surface area contributed by atoms with Crippen LogP contribution in [0.4, 0.5) is 10.5 Å². The minimum Gasteiger partial charge on any atom is -0.324 e. The zero-order chi connectivity index (χ0) is 24.5. The van der Waals surface area contributed by atoms with Gasteiger partial charge in [-0.3, -0.25) is 4.79 Å². The Morgan fingerprint density at radius 3 is 2.09 bits per heavy atom. The van der Waals surface area contributed by atoms with Crippen molar-refractivity contribution in [3.63, 3.8) is 0 Å². The number of amides is 3. The van der Waals surface area contributed by atoms with E-state index in [1.54, 1.807) is 24.3 Å². The summed E-state index contributed by atoms with van der Waals surface area (Å²) in [6.07, 6.45) is 1.54. The highest BCUT2D eigenvalue weighted by Crippen LogP contribution is 2.45. The molecule has 4 rings (SSSR count). The number of piperidine rings is 1. The van der Waals surface area contributed by atoms with Crippen LogP contribution in [-0.4, -0.2) is 52.0 Å². The highest BCUT2D eigenvalue weighted by atomic mass is 35.5. The average molecular weight is 500 g/mol. The fourth-order valence-electron chi connectivity index (χ4n) is 5.00. The number of hydrogen-bond acceptors (Lipinski definition) is 3. The van der Waals surface area contributed by atoms with Crippen LogP contribution in [0.15, 0.2) is 42.5 Å². The normalized spacial score (nSPS) is 17.6. The number of rotatable bonds is 4. The van der Waals surface area contributed by atoms with Gasteiger partial charge in [0, 0.05) is 41.7 Å². The van der Waals surface area contributed by atoms with Crippen molar-refractivity contribution in [1.82, 2.24) is 9.80 Å². The van der Waals surface area contributed by atoms with Gasteiger partial charge >= 0.3 is 6.03 Å². The van der Waals surface area contributed by atoms with Crippen LogP contribution in [0.25, 0.3) is 0 Å². The van der Waals surface area contributed by atoms with E-state index in [2.05, 4.69) is 51.2 Å². The maximum Gasteiger partial charge on any atom is 0.321 e. The lowest BCUT2D eigenvalue weighted by Crippen LogP contribution is -2.54. The third-order valence-electron chi connectivity index (χ3n) is 6.95. The standard InChI is InChI=1S/C27H34ClN3O2S/c1-18(2)22-6-5-7-23(19(3)4)24(22)29-26(33)30-14-12-27(13-15-30)31(16-17-34-27)25(32)20-8-10-21(28)11-9-20/h5-11,18-19H,12-17H2,1-4H3,(H,29,33). The maximum atomic E-state index is 13.3. The van der Waals surface area contributed by atoms with Crippen molar-refractivity contribution < 1.29 is 9.59 Å². The number of carbonyl (C=O) groups is 2. The quantitative estimate of drug-likeness (QED) is 0.503. The highest BCUT2D eigenvalue weighted by Gasteiger charge is 2.47. The van der Waals surface area contributed by atoms with Crippen LogP contribution in [0.3, 0.4) is 0 Å². The van der Waals surface area contributed by atoms with E-state index < -0.39 is 0 Å². The Morgan fingerprint density at radius 1 is 0.941 bits per heavy atom. The molecule has 0 aromatic heterocycles. The molecule has 2 fully saturated rings. The molecular formula is C27H34ClN3O2S. The first kappa shape index (κ1) is 24.9. The van der Waals surface area contributed by atoms with Gasteiger partial charge in [0.25, 0.3) is 5.91 Å². The van der Waals surface area contributed by atoms with Gasteiger partial charge in [0.15, 0.2) is 0 Å². The summed E-state index contributed by atoms with van der Waals surface area (Å²) in [4.78, 5) is 30.2. The van der Waals surface area contributed by atoms with Crippen molar-refractivity contribution >= 4 is 41.0 Å². The summed E-state index contributed by atoms with van der Waals surface area (Å²) in [5.74, 6) is 1.61. The molecule has 2 aliphatic heterocycles. The second kappa shape index (κ2) is 10.2. The number of urea groups is 1. The predicted molar refractivity (Wildman–Crippen MR) is 142 cm³/mol. The summed E-state index contributed by atoms with van der Waals surface area (Å²) >= 11 is 7.85. The van der Waals surface area contributed by atoms with Crippen molar-refractivity contribution in [1.29, 1.82) is 0 Å². The monoisotopic (exact) mass is 499 g/mol. The van der Waals surface area contributed by atoms with Crippen LogP contribution in [0, 0.1) is 0 Å². The molecule has 0 atom stereocenters. The number of carbonyl (C=O) groups excluding carboxylic acids is 2. The molecule has 5 nitrogen and oxygen atoms in total. The fourth-order valence-corrected chi connectivity index (χ4v) is 6.58. The molecule has 0 unspecified atom stereocenters. The van der Waals surface area contributed by atoms with Crippen molar-refractivity contribution in [2.24, 2.45) is 0 Å². The Morgan fingerprint density at radius 2 is 1.53 bits per heavy atom. The first-order valence-electron chi connectivity index (χ1n) is 12.1. The van der Waals surface area contributed by atoms with E-state index in [-0.39, 0.29) is 16.8 Å². The summed E-state index contributed by atoms with van der Waals surface area (Å²) in [6.45, 7) is 10.6. The number of likely N-dealkylation sites (tertiary alicyclic amines) is 1. The molecule has 1 spiro atoms. The lowest BCUT2D eigenvalue weighted by Gasteiger charge is -2.44. The van der Waals surface area contributed by atoms with Gasteiger partial charge < -0.3 is 15.1 Å². The first-order chi connectivity index (χ1) is 16.2. The van der Waals surface area contributed by atoms with E-state index in [9.17, 15) is 9.59 Å². The summed E-state index contributed by atoms with van der Waals surface area (Å²) < 4.78 is 0. The molecule has 2 saturated heterocycles. The molecule has 0 bridgehead atoms. The molecule has 2 aromatic rings. The third-order valence-corrected chi connectivity index (χ3v) is 8.76. The Kier molecular flexibility index (Phi) is 7.48. The van der Waals surface area contributed by atoms with Gasteiger partial charge in [-0.15, -0.1) is 11.8 Å². The molecule has 3 amide bonds. The molecule has 34 heavy (non-hydrogen) atoms. The number of thioether (sulfide) groups is 1. The van der Waals surface area contributed by atoms with Gasteiger partial charge in [-0.25, -0.2) is 4.79 Å². The van der Waals surface area contributed by atoms with Gasteiger partial charge in [-0.05, 0) is 60.1 Å². The number of anilines is 1. The second-order valence-electron chi connectivity index (χ2n) is 9.80. The molecule has 0 aliphatic carbocycles. The number of nitrogens with one attached hydrogen (secondary N) is 1. The van der Waals surface area contributed by atoms with E-state index in [1.165, 1.54) is 11.1 Å². The van der Waals surface area contributed by atoms with Crippen LogP contribution in [0.5, 0.6) is 0 Å². The highest BCUT2D eigenvalue weighted by molar-refractivity contribution is 8.00. The number of hydrogen-bond donors (Lipinski definition) is 1. The molecule has 2 heterocycles. The van der Waals surface area contributed by atoms with Gasteiger partial charge in [0.05, 0.1) is 4.87 Å². The largest absolute Gasteiger partial charge is 0.324 e. The molecule has 182 valence electrons. The summed E-state index contributed by atoms with van der Waals surface area (Å²) in [7, 11) is 0. The summed E-state index contributed by atoms with van der Waals surface area (Å²) in [6, 6.07) is 13.3. The van der Waals surface area contributed by atoms with E-state index in [0.29, 0.717) is 35.5 Å². The minimum atomic E-state index is -0.244. The molecule has 2 aliphatic rings. The molecule has 2 aromatic carbocycles. The smallest absolute Gasteiger partial charge is 0.321 e. The second-order valence-corrected chi connectivity index (χ2v) is 11.7. The third kappa shape index (κ3) is 4.94. The van der Waals surface area contributed by atoms with Crippen LogP contribution in [-0.2, 0) is 0 Å². The minimum absolute atomic E-state index is 0.0482. The Hall–Kier alpha value is -2.18. The summed E-state index contributed by atoms with van der Waals surface area (Å²) in [5, 5.41) is 3.87. The van der Waals surface area contributed by atoms with E-state index in [4.69, 9.17) is 11.6 Å². The maximum absolute atomic E-state index is 13.3. The van der Waals surface area contributed by atoms with Crippen LogP contribution < -0.4 is 5.32 Å². The van der Waals surface area contributed by atoms with Crippen LogP contribution >= 0.6 is 23.4 Å². The van der Waals surface area contributed by atoms with Crippen molar-refractivity contribution in [3.8, 4) is 0 Å². The predicted octanol–water partition coefficient (Wildman–Crippen LogP) is 6.80. The Bertz CT molecular complexity index is 1020. The average Bonchev–Trinajstić information content (AvgIpc) is 3.22. The van der Waals surface area contributed by atoms with E-state index in [1.807, 2.05) is 21.6 Å². The molecule has 0 saturated carbocycles. The van der Waals surface area contributed by atoms with Gasteiger partial charge in [0.1, 0.15) is 0 Å². The number of nitrogens with zero attached hydrogens (tertiary/aromatic N) is 2. The SMILES string of the molecule is CC(C)c1cccc(C(C)C)c1NC(=O)N1CCC2(CC1)SCCN2C(=O)c1ccc(Cl)cc1. The van der Waals surface area contributed by atoms with E-state index in [0.717, 1.165) is 30.8 Å². The van der Waals surface area contributed by atoms with Crippen LogP contribution in [0.1, 0.15) is 73.9 Å². The summed E-state index contributed by atoms with van der Waals surface area (Å²) in [5.41, 5.74) is 3.95. The van der Waals surface area contributed by atoms with Crippen molar-refractivity contribution in [2.75, 3.05) is 30.7 Å². The zero-order valence-corrected chi connectivity index (χ0v) is 22.0. The lowest BCUT2D eigenvalue weighted by atomic mass is 9.92. The van der Waals surface area contributed by atoms with Gasteiger partial charge in [0.2, 0.25) is 0 Å². The molecule has 0 radical (unpaired) electrons. The Balaban J connectivity index is 1.46. The Labute approximate surface area is 212 Å². The number of para-hydroxylation sites is 1.